The summed E-state index contributed by atoms with van der Waals surface area (Å²) in [4.78, 5) is 11.9. The Kier molecular flexibility index (Phi) is 5.40. The van der Waals surface area contributed by atoms with E-state index in [1.165, 1.54) is 12.8 Å². The van der Waals surface area contributed by atoms with Crippen molar-refractivity contribution in [3.05, 3.63) is 0 Å². The Morgan fingerprint density at radius 2 is 2.29 bits per heavy atom. The summed E-state index contributed by atoms with van der Waals surface area (Å²) in [5, 5.41) is 3.09. The van der Waals surface area contributed by atoms with E-state index in [0.717, 1.165) is 12.8 Å². The molecule has 17 heavy (non-hydrogen) atoms. The number of hydrogen-bond acceptors (Lipinski definition) is 3. The number of amides is 1. The van der Waals surface area contributed by atoms with Crippen LogP contribution in [-0.2, 0) is 9.53 Å². The minimum atomic E-state index is -0.401. The molecule has 0 spiro atoms. The van der Waals surface area contributed by atoms with Crippen molar-refractivity contribution in [2.45, 2.75) is 58.0 Å². The second-order valence-corrected chi connectivity index (χ2v) is 5.68. The molecule has 4 heteroatoms. The number of rotatable bonds is 6. The largest absolute Gasteiger partial charge is 0.385 e. The molecule has 2 atom stereocenters. The summed E-state index contributed by atoms with van der Waals surface area (Å²) < 4.78 is 4.95. The Morgan fingerprint density at radius 1 is 1.59 bits per heavy atom. The first kappa shape index (κ1) is 14.5. The standard InChI is InChI=1S/C13H26N2O2/c1-13(2)8-4-7-11(13)15-12(16)10(14)6-5-9-17-3/h10-11H,4-9,14H2,1-3H3,(H,15,16). The van der Waals surface area contributed by atoms with Crippen LogP contribution in [-0.4, -0.2) is 31.7 Å². The fraction of sp³-hybridized carbons (Fsp3) is 0.923. The maximum absolute atomic E-state index is 11.9. The molecule has 0 aromatic heterocycles. The molecule has 4 nitrogen and oxygen atoms in total. The fourth-order valence-corrected chi connectivity index (χ4v) is 2.45. The minimum absolute atomic E-state index is 0.0129. The van der Waals surface area contributed by atoms with Crippen molar-refractivity contribution in [2.75, 3.05) is 13.7 Å². The molecular weight excluding hydrogens is 216 g/mol. The Hall–Kier alpha value is -0.610. The second-order valence-electron chi connectivity index (χ2n) is 5.68. The van der Waals surface area contributed by atoms with Gasteiger partial charge in [0.1, 0.15) is 0 Å². The van der Waals surface area contributed by atoms with Crippen molar-refractivity contribution in [3.63, 3.8) is 0 Å². The summed E-state index contributed by atoms with van der Waals surface area (Å²) in [7, 11) is 1.66. The molecular formula is C13H26N2O2. The lowest BCUT2D eigenvalue weighted by Gasteiger charge is -2.28. The normalized spacial score (nSPS) is 24.6. The van der Waals surface area contributed by atoms with Crippen molar-refractivity contribution in [1.29, 1.82) is 0 Å². The van der Waals surface area contributed by atoms with Crippen LogP contribution in [0.15, 0.2) is 0 Å². The summed E-state index contributed by atoms with van der Waals surface area (Å²) in [6.45, 7) is 5.08. The van der Waals surface area contributed by atoms with Gasteiger partial charge in [-0.15, -0.1) is 0 Å². The van der Waals surface area contributed by atoms with Crippen LogP contribution < -0.4 is 11.1 Å². The minimum Gasteiger partial charge on any atom is -0.385 e. The monoisotopic (exact) mass is 242 g/mol. The predicted molar refractivity (Wildman–Crippen MR) is 68.6 cm³/mol. The molecule has 1 rings (SSSR count). The molecule has 0 heterocycles. The van der Waals surface area contributed by atoms with Gasteiger partial charge >= 0.3 is 0 Å². The fourth-order valence-electron chi connectivity index (χ4n) is 2.45. The Morgan fingerprint density at radius 3 is 2.82 bits per heavy atom. The Balaban J connectivity index is 2.33. The number of nitrogens with two attached hydrogens (primary N) is 1. The molecule has 0 aromatic rings. The molecule has 0 aromatic carbocycles. The van der Waals surface area contributed by atoms with Crippen molar-refractivity contribution >= 4 is 5.91 Å². The van der Waals surface area contributed by atoms with Gasteiger partial charge in [0.25, 0.3) is 0 Å². The number of methoxy groups -OCH3 is 1. The molecule has 1 amide bonds. The van der Waals surface area contributed by atoms with Gasteiger partial charge < -0.3 is 15.8 Å². The van der Waals surface area contributed by atoms with Gasteiger partial charge in [-0.3, -0.25) is 4.79 Å². The molecule has 0 radical (unpaired) electrons. The summed E-state index contributed by atoms with van der Waals surface area (Å²) in [6.07, 6.45) is 4.96. The first-order chi connectivity index (χ1) is 7.97. The van der Waals surface area contributed by atoms with Crippen molar-refractivity contribution in [3.8, 4) is 0 Å². The molecule has 1 fully saturated rings. The van der Waals surface area contributed by atoms with Gasteiger partial charge in [-0.2, -0.15) is 0 Å². The molecule has 1 aliphatic rings. The van der Waals surface area contributed by atoms with Gasteiger partial charge in [-0.1, -0.05) is 20.3 Å². The van der Waals surface area contributed by atoms with E-state index in [0.29, 0.717) is 13.0 Å². The average molecular weight is 242 g/mol. The first-order valence-corrected chi connectivity index (χ1v) is 6.52. The third-order valence-electron chi connectivity index (χ3n) is 3.77. The van der Waals surface area contributed by atoms with Gasteiger partial charge in [0.2, 0.25) is 5.91 Å². The summed E-state index contributed by atoms with van der Waals surface area (Å²) >= 11 is 0. The number of nitrogens with one attached hydrogen (secondary N) is 1. The third kappa shape index (κ3) is 4.28. The predicted octanol–water partition coefficient (Wildman–Crippen LogP) is 1.44. The van der Waals surface area contributed by atoms with Crippen LogP contribution >= 0.6 is 0 Å². The lowest BCUT2D eigenvalue weighted by atomic mass is 9.87. The highest BCUT2D eigenvalue weighted by atomic mass is 16.5. The Bertz CT molecular complexity index is 254. The van der Waals surface area contributed by atoms with Crippen LogP contribution in [0.4, 0.5) is 0 Å². The van der Waals surface area contributed by atoms with E-state index < -0.39 is 6.04 Å². The molecule has 1 aliphatic carbocycles. The smallest absolute Gasteiger partial charge is 0.237 e. The average Bonchev–Trinajstić information content (AvgIpc) is 2.58. The second kappa shape index (κ2) is 6.36. The zero-order valence-corrected chi connectivity index (χ0v) is 11.3. The summed E-state index contributed by atoms with van der Waals surface area (Å²) in [5.41, 5.74) is 6.07. The third-order valence-corrected chi connectivity index (χ3v) is 3.77. The highest BCUT2D eigenvalue weighted by molar-refractivity contribution is 5.81. The van der Waals surface area contributed by atoms with Crippen LogP contribution in [0.2, 0.25) is 0 Å². The van der Waals surface area contributed by atoms with Gasteiger partial charge in [0, 0.05) is 19.8 Å². The Labute approximate surface area is 104 Å². The quantitative estimate of drug-likeness (QED) is 0.693. The van der Waals surface area contributed by atoms with E-state index in [-0.39, 0.29) is 17.4 Å². The van der Waals surface area contributed by atoms with Gasteiger partial charge in [-0.25, -0.2) is 0 Å². The van der Waals surface area contributed by atoms with Gasteiger partial charge in [-0.05, 0) is 31.1 Å². The molecule has 3 N–H and O–H groups in total. The van der Waals surface area contributed by atoms with Gasteiger partial charge in [0.15, 0.2) is 0 Å². The number of hydrogen-bond donors (Lipinski definition) is 2. The zero-order chi connectivity index (χ0) is 12.9. The van der Waals surface area contributed by atoms with E-state index in [1.807, 2.05) is 0 Å². The van der Waals surface area contributed by atoms with Crippen molar-refractivity contribution < 1.29 is 9.53 Å². The number of carbonyl (C=O) groups is 1. The maximum Gasteiger partial charge on any atom is 0.237 e. The van der Waals surface area contributed by atoms with Crippen LogP contribution in [0.25, 0.3) is 0 Å². The molecule has 1 saturated carbocycles. The lowest BCUT2D eigenvalue weighted by molar-refractivity contribution is -0.123. The van der Waals surface area contributed by atoms with Crippen LogP contribution in [0, 0.1) is 5.41 Å². The van der Waals surface area contributed by atoms with E-state index in [4.69, 9.17) is 10.5 Å². The first-order valence-electron chi connectivity index (χ1n) is 6.52. The molecule has 0 bridgehead atoms. The highest BCUT2D eigenvalue weighted by Crippen LogP contribution is 2.37. The SMILES string of the molecule is COCCCC(N)C(=O)NC1CCCC1(C)C. The van der Waals surface area contributed by atoms with Crippen molar-refractivity contribution in [1.82, 2.24) is 5.32 Å². The maximum atomic E-state index is 11.9. The van der Waals surface area contributed by atoms with Crippen molar-refractivity contribution in [2.24, 2.45) is 11.1 Å². The molecule has 2 unspecified atom stereocenters. The molecule has 0 saturated heterocycles. The molecule has 100 valence electrons. The lowest BCUT2D eigenvalue weighted by Crippen LogP contribution is -2.48. The zero-order valence-electron chi connectivity index (χ0n) is 11.3. The topological polar surface area (TPSA) is 64.3 Å². The van der Waals surface area contributed by atoms with E-state index in [1.54, 1.807) is 7.11 Å². The van der Waals surface area contributed by atoms with E-state index in [2.05, 4.69) is 19.2 Å². The van der Waals surface area contributed by atoms with E-state index >= 15 is 0 Å². The number of ether oxygens (including phenoxy) is 1. The van der Waals surface area contributed by atoms with Gasteiger partial charge in [0.05, 0.1) is 6.04 Å². The number of carbonyl (C=O) groups excluding carboxylic acids is 1. The highest BCUT2D eigenvalue weighted by Gasteiger charge is 2.35. The molecule has 0 aliphatic heterocycles. The van der Waals surface area contributed by atoms with Crippen LogP contribution in [0.3, 0.4) is 0 Å². The summed E-state index contributed by atoms with van der Waals surface area (Å²) in [5.74, 6) is -0.0129. The summed E-state index contributed by atoms with van der Waals surface area (Å²) in [6, 6.07) is -0.120. The van der Waals surface area contributed by atoms with Crippen LogP contribution in [0.5, 0.6) is 0 Å². The van der Waals surface area contributed by atoms with Crippen LogP contribution in [0.1, 0.15) is 46.0 Å². The van der Waals surface area contributed by atoms with E-state index in [9.17, 15) is 4.79 Å².